The van der Waals surface area contributed by atoms with Crippen LogP contribution < -0.4 is 0 Å². The van der Waals surface area contributed by atoms with Gasteiger partial charge in [-0.25, -0.2) is 9.67 Å². The van der Waals surface area contributed by atoms with E-state index in [0.29, 0.717) is 12.3 Å². The maximum atomic E-state index is 13.4. The first kappa shape index (κ1) is 14.4. The average Bonchev–Trinajstić information content (AvgIpc) is 3.09. The number of epoxide rings is 1. The Morgan fingerprint density at radius 2 is 1.96 bits per heavy atom. The predicted octanol–water partition coefficient (Wildman–Crippen LogP) is 4.09. The van der Waals surface area contributed by atoms with Crippen LogP contribution in [0.25, 0.3) is 16.4 Å². The third kappa shape index (κ3) is 2.64. The molecule has 0 saturated carbocycles. The lowest BCUT2D eigenvalue weighted by Crippen LogP contribution is -2.15. The van der Waals surface area contributed by atoms with Gasteiger partial charge in [-0.05, 0) is 0 Å². The zero-order valence-corrected chi connectivity index (χ0v) is 12.4. The van der Waals surface area contributed by atoms with Gasteiger partial charge in [-0.2, -0.15) is 18.3 Å². The third-order valence-corrected chi connectivity index (χ3v) is 4.31. The number of nitrogens with zero attached hydrogens (tertiary/aromatic N) is 3. The number of hydrogen-bond donors (Lipinski definition) is 0. The van der Waals surface area contributed by atoms with Crippen molar-refractivity contribution in [1.82, 2.24) is 14.8 Å². The van der Waals surface area contributed by atoms with Crippen molar-refractivity contribution in [3.8, 4) is 16.4 Å². The van der Waals surface area contributed by atoms with E-state index in [1.165, 1.54) is 6.20 Å². The number of ether oxygens (including phenoxy) is 1. The van der Waals surface area contributed by atoms with Gasteiger partial charge in [-0.3, -0.25) is 0 Å². The first-order chi connectivity index (χ1) is 11.0. The molecule has 3 aromatic rings. The van der Waals surface area contributed by atoms with Gasteiger partial charge in [0.1, 0.15) is 6.10 Å². The maximum absolute atomic E-state index is 13.4. The smallest absolute Gasteiger partial charge is 0.368 e. The molecule has 0 aliphatic carbocycles. The standard InChI is InChI=1S/C15H10F3N3OS/c16-15(17,18)13-10(12-7-22-12)6-19-21(13)14-20-11(8-23-14)9-4-2-1-3-5-9/h1-6,8,12H,7H2. The van der Waals surface area contributed by atoms with Crippen molar-refractivity contribution < 1.29 is 17.9 Å². The number of thiazole rings is 1. The Hall–Kier alpha value is -2.19. The summed E-state index contributed by atoms with van der Waals surface area (Å²) in [7, 11) is 0. The minimum atomic E-state index is -4.52. The highest BCUT2D eigenvalue weighted by molar-refractivity contribution is 7.12. The largest absolute Gasteiger partial charge is 0.433 e. The second-order valence-corrected chi connectivity index (χ2v) is 5.90. The summed E-state index contributed by atoms with van der Waals surface area (Å²) in [5, 5.41) is 5.79. The summed E-state index contributed by atoms with van der Waals surface area (Å²) in [6.07, 6.45) is -3.82. The number of benzene rings is 1. The van der Waals surface area contributed by atoms with Crippen LogP contribution in [0.1, 0.15) is 17.4 Å². The molecule has 8 heteroatoms. The minimum absolute atomic E-state index is 0.0639. The highest BCUT2D eigenvalue weighted by Gasteiger charge is 2.43. The molecule has 1 atom stereocenters. The second kappa shape index (κ2) is 5.17. The lowest BCUT2D eigenvalue weighted by molar-refractivity contribution is -0.143. The van der Waals surface area contributed by atoms with Gasteiger partial charge in [-0.15, -0.1) is 11.3 Å². The van der Waals surface area contributed by atoms with E-state index >= 15 is 0 Å². The quantitative estimate of drug-likeness (QED) is 0.676. The van der Waals surface area contributed by atoms with Crippen LogP contribution in [0.15, 0.2) is 41.9 Å². The molecular weight excluding hydrogens is 327 g/mol. The first-order valence-corrected chi connectivity index (χ1v) is 7.70. The highest BCUT2D eigenvalue weighted by Crippen LogP contribution is 2.41. The van der Waals surface area contributed by atoms with E-state index in [2.05, 4.69) is 10.1 Å². The van der Waals surface area contributed by atoms with E-state index in [0.717, 1.165) is 21.6 Å². The van der Waals surface area contributed by atoms with Gasteiger partial charge in [0.25, 0.3) is 0 Å². The number of alkyl halides is 3. The van der Waals surface area contributed by atoms with Crippen molar-refractivity contribution in [3.05, 3.63) is 53.2 Å². The molecule has 1 aliphatic heterocycles. The number of rotatable bonds is 3. The van der Waals surface area contributed by atoms with E-state index in [9.17, 15) is 13.2 Å². The number of aromatic nitrogens is 3. The molecular formula is C15H10F3N3OS. The molecule has 0 bridgehead atoms. The van der Waals surface area contributed by atoms with Gasteiger partial charge in [0.05, 0.1) is 18.5 Å². The second-order valence-electron chi connectivity index (χ2n) is 5.06. The summed E-state index contributed by atoms with van der Waals surface area (Å²) in [5.74, 6) is 0. The van der Waals surface area contributed by atoms with Crippen molar-refractivity contribution in [2.24, 2.45) is 0 Å². The Morgan fingerprint density at radius 3 is 2.61 bits per heavy atom. The zero-order chi connectivity index (χ0) is 16.0. The average molecular weight is 337 g/mol. The van der Waals surface area contributed by atoms with Gasteiger partial charge >= 0.3 is 6.18 Å². The van der Waals surface area contributed by atoms with Gasteiger partial charge < -0.3 is 4.74 Å². The fourth-order valence-corrected chi connectivity index (χ4v) is 3.15. The molecule has 0 radical (unpaired) electrons. The normalized spacial score (nSPS) is 17.4. The van der Waals surface area contributed by atoms with Gasteiger partial charge in [0.15, 0.2) is 5.69 Å². The van der Waals surface area contributed by atoms with Crippen molar-refractivity contribution in [1.29, 1.82) is 0 Å². The molecule has 4 nitrogen and oxygen atoms in total. The molecule has 1 aliphatic rings. The van der Waals surface area contributed by atoms with E-state index < -0.39 is 18.0 Å². The van der Waals surface area contributed by atoms with Gasteiger partial charge in [0, 0.05) is 16.5 Å². The Labute approximate surface area is 133 Å². The lowest BCUT2D eigenvalue weighted by atomic mass is 10.2. The Bertz CT molecular complexity index is 837. The summed E-state index contributed by atoms with van der Waals surface area (Å²) in [4.78, 5) is 4.30. The summed E-state index contributed by atoms with van der Waals surface area (Å²) >= 11 is 1.12. The number of halogens is 3. The molecule has 1 saturated heterocycles. The predicted molar refractivity (Wildman–Crippen MR) is 78.4 cm³/mol. The molecule has 0 amide bonds. The van der Waals surface area contributed by atoms with Crippen LogP contribution in [0.4, 0.5) is 13.2 Å². The van der Waals surface area contributed by atoms with Gasteiger partial charge in [0.2, 0.25) is 5.13 Å². The van der Waals surface area contributed by atoms with E-state index in [1.54, 1.807) is 5.38 Å². The SMILES string of the molecule is FC(F)(F)c1c(C2CO2)cnn1-c1nc(-c2ccccc2)cs1. The molecule has 1 aromatic carbocycles. The van der Waals surface area contributed by atoms with Crippen LogP contribution in [0.5, 0.6) is 0 Å². The fraction of sp³-hybridized carbons (Fsp3) is 0.200. The van der Waals surface area contributed by atoms with Crippen LogP contribution in [-0.4, -0.2) is 21.4 Å². The van der Waals surface area contributed by atoms with Crippen LogP contribution in [0.2, 0.25) is 0 Å². The Kier molecular flexibility index (Phi) is 3.24. The molecule has 1 unspecified atom stereocenters. The van der Waals surface area contributed by atoms with E-state index in [4.69, 9.17) is 4.74 Å². The zero-order valence-electron chi connectivity index (χ0n) is 11.6. The maximum Gasteiger partial charge on any atom is 0.433 e. The van der Waals surface area contributed by atoms with Crippen LogP contribution in [0, 0.1) is 0 Å². The fourth-order valence-electron chi connectivity index (χ4n) is 2.36. The molecule has 118 valence electrons. The third-order valence-electron chi connectivity index (χ3n) is 3.49. The molecule has 23 heavy (non-hydrogen) atoms. The molecule has 0 N–H and O–H groups in total. The summed E-state index contributed by atoms with van der Waals surface area (Å²) in [6.45, 7) is 0.294. The molecule has 4 rings (SSSR count). The first-order valence-electron chi connectivity index (χ1n) is 6.82. The van der Waals surface area contributed by atoms with Crippen molar-refractivity contribution in [2.75, 3.05) is 6.61 Å². The monoisotopic (exact) mass is 337 g/mol. The van der Waals surface area contributed by atoms with Crippen molar-refractivity contribution >= 4 is 11.3 Å². The molecule has 3 heterocycles. The summed E-state index contributed by atoms with van der Waals surface area (Å²) in [6, 6.07) is 9.29. The topological polar surface area (TPSA) is 43.2 Å². The summed E-state index contributed by atoms with van der Waals surface area (Å²) in [5.41, 5.74) is 0.725. The van der Waals surface area contributed by atoms with Crippen LogP contribution in [0.3, 0.4) is 0 Å². The van der Waals surface area contributed by atoms with Crippen molar-refractivity contribution in [2.45, 2.75) is 12.3 Å². The Balaban J connectivity index is 1.78. The van der Waals surface area contributed by atoms with E-state index in [1.807, 2.05) is 30.3 Å². The summed E-state index contributed by atoms with van der Waals surface area (Å²) < 4.78 is 46.1. The molecule has 0 spiro atoms. The van der Waals surface area contributed by atoms with E-state index in [-0.39, 0.29) is 10.7 Å². The lowest BCUT2D eigenvalue weighted by Gasteiger charge is -2.09. The van der Waals surface area contributed by atoms with Crippen LogP contribution in [-0.2, 0) is 10.9 Å². The molecule has 2 aromatic heterocycles. The van der Waals surface area contributed by atoms with Crippen LogP contribution >= 0.6 is 11.3 Å². The van der Waals surface area contributed by atoms with Crippen molar-refractivity contribution in [3.63, 3.8) is 0 Å². The number of hydrogen-bond acceptors (Lipinski definition) is 4. The van der Waals surface area contributed by atoms with Gasteiger partial charge in [-0.1, -0.05) is 30.3 Å². The minimum Gasteiger partial charge on any atom is -0.368 e. The molecule has 1 fully saturated rings. The highest BCUT2D eigenvalue weighted by atomic mass is 32.1. The Morgan fingerprint density at radius 1 is 1.22 bits per heavy atom.